The number of hydrogen-bond donors (Lipinski definition) is 2. The van der Waals surface area contributed by atoms with Crippen LogP contribution in [-0.2, 0) is 0 Å². The summed E-state index contributed by atoms with van der Waals surface area (Å²) in [5.41, 5.74) is -4.76. The minimum atomic E-state index is -5.88. The van der Waals surface area contributed by atoms with Gasteiger partial charge in [-0.1, -0.05) is 18.2 Å². The molecular formula is C14H11F6N3OS. The molecule has 0 aliphatic carbocycles. The molecule has 0 aliphatic rings. The van der Waals surface area contributed by atoms with Crippen LogP contribution >= 0.6 is 11.3 Å². The van der Waals surface area contributed by atoms with Gasteiger partial charge in [0.1, 0.15) is 0 Å². The van der Waals surface area contributed by atoms with Gasteiger partial charge in [0.2, 0.25) is 0 Å². The number of aromatic nitrogens is 1. The molecule has 2 aromatic rings. The Bertz CT molecular complexity index is 728. The Morgan fingerprint density at radius 3 is 2.16 bits per heavy atom. The molecule has 0 saturated heterocycles. The van der Waals surface area contributed by atoms with Crippen LogP contribution in [0.25, 0.3) is 0 Å². The van der Waals surface area contributed by atoms with Crippen molar-refractivity contribution in [3.8, 4) is 0 Å². The molecule has 136 valence electrons. The number of benzene rings is 1. The normalized spacial score (nSPS) is 12.8. The molecule has 0 unspecified atom stereocenters. The number of carbonyl (C=O) groups excluding carboxylic acids is 1. The maximum atomic E-state index is 13.4. The van der Waals surface area contributed by atoms with E-state index in [9.17, 15) is 31.1 Å². The second-order valence-corrected chi connectivity index (χ2v) is 5.87. The van der Waals surface area contributed by atoms with Crippen molar-refractivity contribution in [2.45, 2.75) is 24.9 Å². The number of thiazole rings is 1. The van der Waals surface area contributed by atoms with E-state index in [0.717, 1.165) is 17.6 Å². The van der Waals surface area contributed by atoms with Gasteiger partial charge in [-0.05, 0) is 18.6 Å². The lowest BCUT2D eigenvalue weighted by Gasteiger charge is -2.38. The van der Waals surface area contributed by atoms with Crippen LogP contribution in [0, 0.1) is 6.92 Å². The van der Waals surface area contributed by atoms with Crippen LogP contribution in [0.15, 0.2) is 35.8 Å². The molecule has 0 atom stereocenters. The van der Waals surface area contributed by atoms with Gasteiger partial charge in [-0.15, -0.1) is 11.3 Å². The molecule has 2 rings (SSSR count). The summed E-state index contributed by atoms with van der Waals surface area (Å²) in [7, 11) is 0. The fraction of sp³-hybridized carbons (Fsp3) is 0.286. The second kappa shape index (κ2) is 6.54. The topological polar surface area (TPSA) is 54.0 Å². The summed E-state index contributed by atoms with van der Waals surface area (Å²) in [4.78, 5) is 15.5. The molecule has 1 aromatic heterocycles. The lowest BCUT2D eigenvalue weighted by Crippen LogP contribution is -2.72. The van der Waals surface area contributed by atoms with Crippen molar-refractivity contribution >= 4 is 22.4 Å². The van der Waals surface area contributed by atoms with Crippen LogP contribution in [0.4, 0.5) is 31.5 Å². The highest BCUT2D eigenvalue weighted by molar-refractivity contribution is 7.13. The summed E-state index contributed by atoms with van der Waals surface area (Å²) in [6.07, 6.45) is -10.7. The van der Waals surface area contributed by atoms with E-state index in [4.69, 9.17) is 0 Å². The van der Waals surface area contributed by atoms with Gasteiger partial charge >= 0.3 is 18.0 Å². The number of aryl methyl sites for hydroxylation is 1. The van der Waals surface area contributed by atoms with Crippen molar-refractivity contribution in [3.05, 3.63) is 47.0 Å². The Balaban J connectivity index is 2.50. The first-order valence-electron chi connectivity index (χ1n) is 6.67. The third kappa shape index (κ3) is 3.70. The van der Waals surface area contributed by atoms with E-state index in [1.165, 1.54) is 35.8 Å². The van der Waals surface area contributed by atoms with Gasteiger partial charge in [-0.25, -0.2) is 4.98 Å². The van der Waals surface area contributed by atoms with E-state index < -0.39 is 29.1 Å². The number of nitrogens with one attached hydrogen (secondary N) is 2. The molecule has 4 nitrogen and oxygen atoms in total. The van der Waals surface area contributed by atoms with Gasteiger partial charge in [0.25, 0.3) is 5.91 Å². The maximum Gasteiger partial charge on any atom is 0.439 e. The number of rotatable bonds is 4. The fourth-order valence-electron chi connectivity index (χ4n) is 1.99. The predicted octanol–water partition coefficient (Wildman–Crippen LogP) is 4.11. The van der Waals surface area contributed by atoms with Gasteiger partial charge in [-0.3, -0.25) is 4.79 Å². The molecule has 1 aromatic carbocycles. The second-order valence-electron chi connectivity index (χ2n) is 4.98. The maximum absolute atomic E-state index is 13.4. The molecule has 1 amide bonds. The minimum Gasteiger partial charge on any atom is -0.324 e. The highest BCUT2D eigenvalue weighted by atomic mass is 32.1. The van der Waals surface area contributed by atoms with Crippen molar-refractivity contribution in [1.29, 1.82) is 0 Å². The molecule has 0 radical (unpaired) electrons. The van der Waals surface area contributed by atoms with Gasteiger partial charge in [0, 0.05) is 17.1 Å². The first-order valence-corrected chi connectivity index (χ1v) is 7.55. The van der Waals surface area contributed by atoms with Crippen LogP contribution < -0.4 is 10.6 Å². The number of alkyl halides is 6. The summed E-state index contributed by atoms with van der Waals surface area (Å²) in [5.74, 6) is -1.52. The number of carbonyl (C=O) groups is 1. The van der Waals surface area contributed by atoms with E-state index in [1.54, 1.807) is 0 Å². The van der Waals surface area contributed by atoms with Gasteiger partial charge in [0.05, 0.1) is 0 Å². The molecule has 0 spiro atoms. The zero-order valence-electron chi connectivity index (χ0n) is 12.5. The lowest BCUT2D eigenvalue weighted by molar-refractivity contribution is -0.294. The van der Waals surface area contributed by atoms with Gasteiger partial charge < -0.3 is 10.6 Å². The number of halogens is 6. The summed E-state index contributed by atoms with van der Waals surface area (Å²) in [5, 5.41) is 2.93. The summed E-state index contributed by atoms with van der Waals surface area (Å²) < 4.78 is 80.5. The minimum absolute atomic E-state index is 0.229. The summed E-state index contributed by atoms with van der Waals surface area (Å²) >= 11 is 0.535. The molecule has 2 N–H and O–H groups in total. The van der Waals surface area contributed by atoms with Crippen molar-refractivity contribution < 1.29 is 31.1 Å². The van der Waals surface area contributed by atoms with Crippen LogP contribution in [-0.4, -0.2) is 28.9 Å². The zero-order valence-corrected chi connectivity index (χ0v) is 13.3. The van der Waals surface area contributed by atoms with Crippen molar-refractivity contribution in [1.82, 2.24) is 10.3 Å². The number of amides is 1. The highest BCUT2D eigenvalue weighted by Crippen LogP contribution is 2.44. The van der Waals surface area contributed by atoms with Crippen LogP contribution in [0.1, 0.15) is 15.9 Å². The Morgan fingerprint density at radius 2 is 1.68 bits per heavy atom. The van der Waals surface area contributed by atoms with E-state index in [2.05, 4.69) is 4.98 Å². The number of anilines is 1. The average molecular weight is 383 g/mol. The van der Waals surface area contributed by atoms with Crippen molar-refractivity contribution in [2.24, 2.45) is 0 Å². The molecule has 0 aliphatic heterocycles. The van der Waals surface area contributed by atoms with E-state index in [1.807, 2.05) is 0 Å². The van der Waals surface area contributed by atoms with Gasteiger partial charge in [0.15, 0.2) is 5.13 Å². The first kappa shape index (κ1) is 19.0. The Hall–Kier alpha value is -2.30. The third-order valence-corrected chi connectivity index (χ3v) is 3.96. The molecule has 1 heterocycles. The van der Waals surface area contributed by atoms with Crippen molar-refractivity contribution in [3.63, 3.8) is 0 Å². The fourth-order valence-corrected chi connectivity index (χ4v) is 2.57. The van der Waals surface area contributed by atoms with Crippen LogP contribution in [0.5, 0.6) is 0 Å². The smallest absolute Gasteiger partial charge is 0.324 e. The predicted molar refractivity (Wildman–Crippen MR) is 79.2 cm³/mol. The van der Waals surface area contributed by atoms with Crippen molar-refractivity contribution in [2.75, 3.05) is 5.32 Å². The summed E-state index contributed by atoms with van der Waals surface area (Å²) in [6, 6.07) is 5.36. The number of nitrogens with zero attached hydrogens (tertiary/aromatic N) is 1. The van der Waals surface area contributed by atoms with E-state index >= 15 is 0 Å². The lowest BCUT2D eigenvalue weighted by atomic mass is 10.1. The molecule has 0 fully saturated rings. The summed E-state index contributed by atoms with van der Waals surface area (Å²) in [6.45, 7) is 1.39. The van der Waals surface area contributed by atoms with Gasteiger partial charge in [-0.2, -0.15) is 26.3 Å². The van der Waals surface area contributed by atoms with E-state index in [0.29, 0.717) is 11.3 Å². The van der Waals surface area contributed by atoms with E-state index in [-0.39, 0.29) is 11.1 Å². The highest BCUT2D eigenvalue weighted by Gasteiger charge is 2.73. The third-order valence-electron chi connectivity index (χ3n) is 3.27. The quantitative estimate of drug-likeness (QED) is 0.617. The van der Waals surface area contributed by atoms with Crippen LogP contribution in [0.2, 0.25) is 0 Å². The standard InChI is InChI=1S/C14H11F6N3OS/c1-8-4-2-3-5-9(8)10(24)22-12(13(15,16)17,14(18,19)20)23-11-21-6-7-25-11/h2-7H,1H3,(H,21,23)(H,22,24). The SMILES string of the molecule is Cc1ccccc1C(=O)NC(Nc1nccs1)(C(F)(F)F)C(F)(F)F. The Morgan fingerprint density at radius 1 is 1.08 bits per heavy atom. The Kier molecular flexibility index (Phi) is 4.98. The Labute approximate surface area is 141 Å². The molecule has 0 saturated carbocycles. The largest absolute Gasteiger partial charge is 0.439 e. The van der Waals surface area contributed by atoms with Crippen LogP contribution in [0.3, 0.4) is 0 Å². The number of hydrogen-bond acceptors (Lipinski definition) is 4. The molecule has 11 heteroatoms. The zero-order chi connectivity index (χ0) is 18.9. The molecular weight excluding hydrogens is 372 g/mol. The molecule has 0 bridgehead atoms. The average Bonchev–Trinajstić information content (AvgIpc) is 2.97. The monoisotopic (exact) mass is 383 g/mol. The molecule has 25 heavy (non-hydrogen) atoms. The first-order chi connectivity index (χ1) is 11.5.